The third-order valence-electron chi connectivity index (χ3n) is 10.3. The van der Waals surface area contributed by atoms with Gasteiger partial charge in [0.1, 0.15) is 13.2 Å². The Labute approximate surface area is 409 Å². The van der Waals surface area contributed by atoms with Gasteiger partial charge < -0.3 is 14.2 Å². The van der Waals surface area contributed by atoms with E-state index in [1.165, 1.54) is 44.9 Å². The summed E-state index contributed by atoms with van der Waals surface area (Å²) in [6.07, 6.45) is 77.9. The summed E-state index contributed by atoms with van der Waals surface area (Å²) < 4.78 is 16.7. The number of carbonyl (C=O) groups is 3. The Morgan fingerprint density at radius 1 is 0.328 bits per heavy atom. The Balaban J connectivity index is 4.59. The highest BCUT2D eigenvalue weighted by atomic mass is 16.6. The van der Waals surface area contributed by atoms with Gasteiger partial charge in [0.2, 0.25) is 0 Å². The third kappa shape index (κ3) is 51.9. The molecule has 0 aromatic rings. The van der Waals surface area contributed by atoms with Crippen LogP contribution in [0.25, 0.3) is 0 Å². The first-order valence-corrected chi connectivity index (χ1v) is 26.1. The highest BCUT2D eigenvalue weighted by molar-refractivity contribution is 5.71. The van der Waals surface area contributed by atoms with Crippen LogP contribution in [0.1, 0.15) is 188 Å². The lowest BCUT2D eigenvalue weighted by Gasteiger charge is -2.18. The van der Waals surface area contributed by atoms with Crippen molar-refractivity contribution in [1.29, 1.82) is 0 Å². The summed E-state index contributed by atoms with van der Waals surface area (Å²) in [5, 5.41) is 0. The maximum atomic E-state index is 12.8. The van der Waals surface area contributed by atoms with E-state index in [1.807, 2.05) is 109 Å². The van der Waals surface area contributed by atoms with Gasteiger partial charge in [0, 0.05) is 19.3 Å². The lowest BCUT2D eigenvalue weighted by molar-refractivity contribution is -0.167. The fourth-order valence-electron chi connectivity index (χ4n) is 6.41. The fourth-order valence-corrected chi connectivity index (χ4v) is 6.41. The molecule has 0 aromatic heterocycles. The second kappa shape index (κ2) is 53.6. The molecule has 0 aliphatic rings. The summed E-state index contributed by atoms with van der Waals surface area (Å²) in [5.74, 6) is -1.03. The Morgan fingerprint density at radius 3 is 1.04 bits per heavy atom. The van der Waals surface area contributed by atoms with Crippen molar-refractivity contribution in [3.8, 4) is 0 Å². The fraction of sp³-hybridized carbons (Fsp3) is 0.525. The Kier molecular flexibility index (Phi) is 49.7. The predicted octanol–water partition coefficient (Wildman–Crippen LogP) is 17.4. The van der Waals surface area contributed by atoms with Crippen molar-refractivity contribution in [2.24, 2.45) is 0 Å². The Bertz CT molecular complexity index is 1570. The molecule has 0 rings (SSSR count). The van der Waals surface area contributed by atoms with Crippen LogP contribution in [-0.4, -0.2) is 37.2 Å². The second-order valence-corrected chi connectivity index (χ2v) is 16.6. The van der Waals surface area contributed by atoms with E-state index in [0.29, 0.717) is 19.3 Å². The van der Waals surface area contributed by atoms with E-state index < -0.39 is 6.10 Å². The molecule has 0 fully saturated rings. The molecular weight excluding hydrogens is 829 g/mol. The van der Waals surface area contributed by atoms with Crippen LogP contribution in [0.2, 0.25) is 0 Å². The maximum absolute atomic E-state index is 12.8. The zero-order chi connectivity index (χ0) is 48.6. The first-order valence-electron chi connectivity index (χ1n) is 26.1. The van der Waals surface area contributed by atoms with Gasteiger partial charge in [-0.2, -0.15) is 0 Å². The number of hydrogen-bond acceptors (Lipinski definition) is 6. The lowest BCUT2D eigenvalue weighted by atomic mass is 10.1. The van der Waals surface area contributed by atoms with Gasteiger partial charge in [0.05, 0.1) is 0 Å². The molecule has 0 aromatic carbocycles. The average molecular weight is 921 g/mol. The van der Waals surface area contributed by atoms with Gasteiger partial charge >= 0.3 is 17.9 Å². The minimum Gasteiger partial charge on any atom is -0.462 e. The standard InChI is InChI=1S/C61H92O6/c1-4-7-10-13-16-19-22-25-27-29-30-32-33-36-39-42-45-48-51-54-60(63)66-57-58(56-65-59(62)53-50-47-44-41-38-35-24-21-18-15-12-9-6-3)67-61(64)55-52-49-46-43-40-37-34-31-28-26-23-20-17-14-11-8-5-2/h7,9-10,12-13,15-22,24-30,32-33,35-36,38-39,58H,4-6,8,11,14,23,31,34,37,40-57H2,1-3H3/b10-7+,12-9+,16-13+,18-15+,20-17+,22-19+,24-21+,27-25+,28-26+,30-29+,33-32+,38-35+,39-36+. The quantitative estimate of drug-likeness (QED) is 0.0199. The summed E-state index contributed by atoms with van der Waals surface area (Å²) in [7, 11) is 0. The maximum Gasteiger partial charge on any atom is 0.306 e. The van der Waals surface area contributed by atoms with Crippen LogP contribution in [0.15, 0.2) is 158 Å². The number of esters is 3. The van der Waals surface area contributed by atoms with Gasteiger partial charge in [-0.05, 0) is 89.9 Å². The molecule has 0 N–H and O–H groups in total. The van der Waals surface area contributed by atoms with E-state index in [9.17, 15) is 14.4 Å². The van der Waals surface area contributed by atoms with Gasteiger partial charge in [-0.1, -0.05) is 237 Å². The van der Waals surface area contributed by atoms with Crippen LogP contribution < -0.4 is 0 Å². The zero-order valence-corrected chi connectivity index (χ0v) is 42.3. The summed E-state index contributed by atoms with van der Waals surface area (Å²) in [5.41, 5.74) is 0. The molecule has 372 valence electrons. The molecule has 0 spiro atoms. The van der Waals surface area contributed by atoms with Crippen LogP contribution in [-0.2, 0) is 28.6 Å². The highest BCUT2D eigenvalue weighted by Crippen LogP contribution is 2.13. The molecule has 0 aliphatic heterocycles. The molecule has 0 radical (unpaired) electrons. The number of unbranched alkanes of at least 4 members (excludes halogenated alkanes) is 16. The van der Waals surface area contributed by atoms with Crippen molar-refractivity contribution in [2.45, 2.75) is 194 Å². The molecule has 6 heteroatoms. The summed E-state index contributed by atoms with van der Waals surface area (Å²) in [4.78, 5) is 38.0. The highest BCUT2D eigenvalue weighted by Gasteiger charge is 2.19. The topological polar surface area (TPSA) is 78.9 Å². The van der Waals surface area contributed by atoms with Crippen molar-refractivity contribution in [2.75, 3.05) is 13.2 Å². The minimum absolute atomic E-state index is 0.125. The smallest absolute Gasteiger partial charge is 0.306 e. The van der Waals surface area contributed by atoms with Crippen LogP contribution >= 0.6 is 0 Å². The second-order valence-electron chi connectivity index (χ2n) is 16.6. The number of allylic oxidation sites excluding steroid dienone is 26. The average Bonchev–Trinajstić information content (AvgIpc) is 3.33. The number of rotatable bonds is 44. The lowest BCUT2D eigenvalue weighted by Crippen LogP contribution is -2.30. The largest absolute Gasteiger partial charge is 0.462 e. The summed E-state index contributed by atoms with van der Waals surface area (Å²) in [6, 6.07) is 0. The Morgan fingerprint density at radius 2 is 0.642 bits per heavy atom. The molecule has 0 bridgehead atoms. The summed E-state index contributed by atoms with van der Waals surface area (Å²) in [6.45, 7) is 6.22. The zero-order valence-electron chi connectivity index (χ0n) is 42.3. The van der Waals surface area contributed by atoms with E-state index in [-0.39, 0.29) is 37.5 Å². The molecule has 0 heterocycles. The molecule has 6 nitrogen and oxygen atoms in total. The molecule has 0 aliphatic carbocycles. The van der Waals surface area contributed by atoms with E-state index in [0.717, 1.165) is 96.3 Å². The predicted molar refractivity (Wildman–Crippen MR) is 288 cm³/mol. The summed E-state index contributed by atoms with van der Waals surface area (Å²) >= 11 is 0. The monoisotopic (exact) mass is 921 g/mol. The Hall–Kier alpha value is -4.97. The van der Waals surface area contributed by atoms with Crippen LogP contribution in [0.3, 0.4) is 0 Å². The molecular formula is C61H92O6. The van der Waals surface area contributed by atoms with E-state index in [1.54, 1.807) is 0 Å². The van der Waals surface area contributed by atoms with Crippen LogP contribution in [0.4, 0.5) is 0 Å². The van der Waals surface area contributed by atoms with Gasteiger partial charge in [0.15, 0.2) is 6.10 Å². The molecule has 0 saturated carbocycles. The van der Waals surface area contributed by atoms with Crippen molar-refractivity contribution in [3.63, 3.8) is 0 Å². The van der Waals surface area contributed by atoms with Crippen molar-refractivity contribution in [1.82, 2.24) is 0 Å². The van der Waals surface area contributed by atoms with Crippen molar-refractivity contribution >= 4 is 17.9 Å². The van der Waals surface area contributed by atoms with E-state index in [4.69, 9.17) is 14.2 Å². The number of ether oxygens (including phenoxy) is 3. The van der Waals surface area contributed by atoms with Crippen LogP contribution in [0.5, 0.6) is 0 Å². The SMILES string of the molecule is CC/C=C/C=C/C=C/C=C/C=C/C=C/C=C/CCCCCC(=O)OCC(COC(=O)CCCCC/C=C/C=C/C=C/C=C/CC)OC(=O)CCCCCCCCC/C=C/C/C=C/CCCCC. The van der Waals surface area contributed by atoms with Gasteiger partial charge in [-0.3, -0.25) is 14.4 Å². The third-order valence-corrected chi connectivity index (χ3v) is 10.3. The first kappa shape index (κ1) is 62.0. The molecule has 1 unspecified atom stereocenters. The number of carbonyl (C=O) groups excluding carboxylic acids is 3. The van der Waals surface area contributed by atoms with E-state index in [2.05, 4.69) is 69.4 Å². The van der Waals surface area contributed by atoms with Gasteiger partial charge in [0.25, 0.3) is 0 Å². The van der Waals surface area contributed by atoms with Crippen molar-refractivity contribution in [3.05, 3.63) is 158 Å². The van der Waals surface area contributed by atoms with Gasteiger partial charge in [-0.25, -0.2) is 0 Å². The molecule has 0 saturated heterocycles. The first-order chi connectivity index (χ1) is 33.0. The van der Waals surface area contributed by atoms with Crippen LogP contribution in [0, 0.1) is 0 Å². The molecule has 67 heavy (non-hydrogen) atoms. The number of hydrogen-bond donors (Lipinski definition) is 0. The van der Waals surface area contributed by atoms with Crippen molar-refractivity contribution < 1.29 is 28.6 Å². The molecule has 1 atom stereocenters. The van der Waals surface area contributed by atoms with Gasteiger partial charge in [-0.15, -0.1) is 0 Å². The van der Waals surface area contributed by atoms with E-state index >= 15 is 0 Å². The molecule has 0 amide bonds. The minimum atomic E-state index is -0.826. The normalized spacial score (nSPS) is 13.4.